The highest BCUT2D eigenvalue weighted by Crippen LogP contribution is 2.56. The Morgan fingerprint density at radius 3 is 2.69 bits per heavy atom. The van der Waals surface area contributed by atoms with E-state index in [1.54, 1.807) is 11.3 Å². The maximum Gasteiger partial charge on any atom is 0.243 e. The van der Waals surface area contributed by atoms with Crippen LogP contribution in [0, 0.1) is 0 Å². The average molecular weight is 479 g/mol. The zero-order valence-electron chi connectivity index (χ0n) is 19.2. The molecule has 4 aromatic rings. The molecule has 0 saturated carbocycles. The summed E-state index contributed by atoms with van der Waals surface area (Å²) in [6, 6.07) is 25.4. The number of anilines is 3. The number of aromatic nitrogens is 1. The number of amides is 1. The van der Waals surface area contributed by atoms with Gasteiger partial charge in [0.05, 0.1) is 24.1 Å². The standard InChI is InChI=1S/C28H22N4O4/c33-27-28(21-8-4-5-9-22(21)30-27)17-35-24-13-12-23-26(25(24)28)32(36-31-23)15-19-10-11-20(14-29-19)34-16-18-6-2-1-3-7-18/h1-14,31H,15-17H2,(H,30,33). The second-order valence-electron chi connectivity index (χ2n) is 9.02. The lowest BCUT2D eigenvalue weighted by atomic mass is 9.76. The first-order valence-electron chi connectivity index (χ1n) is 11.8. The number of fused-ring (bicyclic) bond motifs is 6. The Morgan fingerprint density at radius 1 is 0.972 bits per heavy atom. The van der Waals surface area contributed by atoms with Crippen LogP contribution in [0.25, 0.3) is 0 Å². The molecule has 36 heavy (non-hydrogen) atoms. The van der Waals surface area contributed by atoms with Crippen LogP contribution < -0.4 is 25.3 Å². The van der Waals surface area contributed by atoms with E-state index in [1.807, 2.05) is 78.9 Å². The Labute approximate surface area is 207 Å². The van der Waals surface area contributed by atoms with Crippen LogP contribution in [0.4, 0.5) is 17.1 Å². The van der Waals surface area contributed by atoms with E-state index in [-0.39, 0.29) is 12.5 Å². The van der Waals surface area contributed by atoms with E-state index < -0.39 is 5.41 Å². The van der Waals surface area contributed by atoms with Gasteiger partial charge in [0.25, 0.3) is 0 Å². The fraction of sp³-hybridized carbons (Fsp3) is 0.143. The topological polar surface area (TPSA) is 85.0 Å². The van der Waals surface area contributed by atoms with Crippen LogP contribution in [0.15, 0.2) is 85.1 Å². The third-order valence-corrected chi connectivity index (χ3v) is 6.90. The third-order valence-electron chi connectivity index (χ3n) is 6.90. The Kier molecular flexibility index (Phi) is 4.62. The van der Waals surface area contributed by atoms with Crippen LogP contribution in [0.5, 0.6) is 11.5 Å². The molecule has 2 N–H and O–H groups in total. The molecule has 0 aliphatic carbocycles. The molecule has 7 rings (SSSR count). The van der Waals surface area contributed by atoms with E-state index in [9.17, 15) is 4.79 Å². The predicted octanol–water partition coefficient (Wildman–Crippen LogP) is 4.57. The summed E-state index contributed by atoms with van der Waals surface area (Å²) in [7, 11) is 0. The smallest absolute Gasteiger partial charge is 0.243 e. The van der Waals surface area contributed by atoms with Crippen molar-refractivity contribution in [3.05, 3.63) is 107 Å². The number of carbonyl (C=O) groups excluding carboxylic acids is 1. The number of carbonyl (C=O) groups is 1. The van der Waals surface area contributed by atoms with Crippen LogP contribution in [-0.4, -0.2) is 17.5 Å². The van der Waals surface area contributed by atoms with Crippen molar-refractivity contribution < 1.29 is 19.2 Å². The lowest BCUT2D eigenvalue weighted by molar-refractivity contribution is -0.119. The SMILES string of the molecule is O=C1Nc2ccccc2C12COc1ccc3c(c12)N(Cc1ccc(OCc2ccccc2)cn1)ON3. The van der Waals surface area contributed by atoms with E-state index in [0.717, 1.165) is 39.4 Å². The highest BCUT2D eigenvalue weighted by molar-refractivity contribution is 6.11. The van der Waals surface area contributed by atoms with E-state index in [0.29, 0.717) is 24.7 Å². The Hall–Kier alpha value is -4.56. The second kappa shape index (κ2) is 8.00. The third kappa shape index (κ3) is 3.11. The minimum Gasteiger partial charge on any atom is -0.491 e. The van der Waals surface area contributed by atoms with Gasteiger partial charge < -0.3 is 14.8 Å². The van der Waals surface area contributed by atoms with Gasteiger partial charge in [-0.05, 0) is 41.5 Å². The summed E-state index contributed by atoms with van der Waals surface area (Å²) in [4.78, 5) is 23.8. The quantitative estimate of drug-likeness (QED) is 0.435. The first-order chi connectivity index (χ1) is 17.7. The van der Waals surface area contributed by atoms with E-state index in [4.69, 9.17) is 14.4 Å². The van der Waals surface area contributed by atoms with E-state index in [2.05, 4.69) is 15.8 Å². The van der Waals surface area contributed by atoms with Crippen LogP contribution >= 0.6 is 0 Å². The van der Waals surface area contributed by atoms with Crippen LogP contribution in [0.3, 0.4) is 0 Å². The van der Waals surface area contributed by atoms with Gasteiger partial charge in [0.2, 0.25) is 5.91 Å². The van der Waals surface area contributed by atoms with Gasteiger partial charge in [-0.1, -0.05) is 48.5 Å². The van der Waals surface area contributed by atoms with Gasteiger partial charge in [0.15, 0.2) is 0 Å². The molecule has 3 aliphatic heterocycles. The first kappa shape index (κ1) is 20.8. The summed E-state index contributed by atoms with van der Waals surface area (Å²) >= 11 is 0. The Balaban J connectivity index is 1.18. The summed E-state index contributed by atoms with van der Waals surface area (Å²) < 4.78 is 11.9. The van der Waals surface area contributed by atoms with Crippen molar-refractivity contribution in [3.8, 4) is 11.5 Å². The number of para-hydroxylation sites is 1. The molecular formula is C28H22N4O4. The zero-order valence-corrected chi connectivity index (χ0v) is 19.2. The van der Waals surface area contributed by atoms with Gasteiger partial charge in [-0.15, -0.1) is 0 Å². The number of nitrogens with zero attached hydrogens (tertiary/aromatic N) is 2. The van der Waals surface area contributed by atoms with Crippen LogP contribution in [0.1, 0.15) is 22.4 Å². The highest BCUT2D eigenvalue weighted by Gasteiger charge is 2.56. The zero-order chi connectivity index (χ0) is 24.1. The minimum atomic E-state index is -0.937. The van der Waals surface area contributed by atoms with Crippen molar-refractivity contribution in [1.82, 2.24) is 4.98 Å². The Morgan fingerprint density at radius 2 is 1.83 bits per heavy atom. The molecule has 0 bridgehead atoms. The number of hydrogen-bond acceptors (Lipinski definition) is 7. The molecule has 0 radical (unpaired) electrons. The van der Waals surface area contributed by atoms with Crippen molar-refractivity contribution in [3.63, 3.8) is 0 Å². The first-order valence-corrected chi connectivity index (χ1v) is 11.8. The maximum atomic E-state index is 13.4. The normalized spacial score (nSPS) is 18.8. The van der Waals surface area contributed by atoms with E-state index in [1.165, 1.54) is 0 Å². The molecule has 3 aromatic carbocycles. The van der Waals surface area contributed by atoms with Crippen molar-refractivity contribution >= 4 is 23.0 Å². The Bertz CT molecular complexity index is 1480. The summed E-state index contributed by atoms with van der Waals surface area (Å²) in [5, 5.41) is 4.76. The van der Waals surface area contributed by atoms with Gasteiger partial charge in [-0.25, -0.2) is 10.5 Å². The summed E-state index contributed by atoms with van der Waals surface area (Å²) in [5.41, 5.74) is 8.01. The lowest BCUT2D eigenvalue weighted by Gasteiger charge is -2.25. The predicted molar refractivity (Wildman–Crippen MR) is 134 cm³/mol. The van der Waals surface area contributed by atoms with Gasteiger partial charge in [-0.2, -0.15) is 4.94 Å². The van der Waals surface area contributed by atoms with Crippen LogP contribution in [0.2, 0.25) is 0 Å². The number of pyridine rings is 1. The molecule has 4 heterocycles. The molecule has 178 valence electrons. The summed E-state index contributed by atoms with van der Waals surface area (Å²) in [6.45, 7) is 1.09. The number of hydrogen-bond donors (Lipinski definition) is 2. The molecule has 8 nitrogen and oxygen atoms in total. The largest absolute Gasteiger partial charge is 0.491 e. The van der Waals surface area contributed by atoms with Gasteiger partial charge in [0.1, 0.15) is 35.8 Å². The highest BCUT2D eigenvalue weighted by atomic mass is 16.8. The molecule has 0 saturated heterocycles. The number of ether oxygens (including phenoxy) is 2. The molecule has 1 aromatic heterocycles. The van der Waals surface area contributed by atoms with E-state index >= 15 is 0 Å². The maximum absolute atomic E-state index is 13.4. The van der Waals surface area contributed by atoms with Gasteiger partial charge in [0, 0.05) is 11.3 Å². The molecule has 8 heteroatoms. The van der Waals surface area contributed by atoms with Gasteiger partial charge >= 0.3 is 0 Å². The monoisotopic (exact) mass is 478 g/mol. The summed E-state index contributed by atoms with van der Waals surface area (Å²) in [5.74, 6) is 1.27. The molecule has 3 aliphatic rings. The molecule has 1 unspecified atom stereocenters. The molecule has 1 atom stereocenters. The van der Waals surface area contributed by atoms with Crippen molar-refractivity contribution in [2.45, 2.75) is 18.6 Å². The molecule has 0 fully saturated rings. The van der Waals surface area contributed by atoms with Crippen molar-refractivity contribution in [1.29, 1.82) is 0 Å². The number of hydroxylamine groups is 1. The second-order valence-corrected chi connectivity index (χ2v) is 9.02. The minimum absolute atomic E-state index is 0.0965. The fourth-order valence-electron chi connectivity index (χ4n) is 5.15. The molecular weight excluding hydrogens is 456 g/mol. The fourth-order valence-corrected chi connectivity index (χ4v) is 5.15. The number of benzene rings is 3. The van der Waals surface area contributed by atoms with Crippen molar-refractivity contribution in [2.75, 3.05) is 22.5 Å². The van der Waals surface area contributed by atoms with Gasteiger partial charge in [-0.3, -0.25) is 9.78 Å². The average Bonchev–Trinajstić information content (AvgIpc) is 3.59. The number of nitrogens with one attached hydrogen (secondary N) is 2. The number of rotatable bonds is 5. The summed E-state index contributed by atoms with van der Waals surface area (Å²) in [6.07, 6.45) is 1.71. The molecule has 1 spiro atoms. The molecule has 1 amide bonds. The van der Waals surface area contributed by atoms with Crippen LogP contribution in [-0.2, 0) is 28.3 Å². The van der Waals surface area contributed by atoms with Crippen molar-refractivity contribution in [2.24, 2.45) is 0 Å². The lowest BCUT2D eigenvalue weighted by Crippen LogP contribution is -2.38.